The molecule has 0 bridgehead atoms. The van der Waals surface area contributed by atoms with E-state index in [0.717, 1.165) is 11.3 Å². The van der Waals surface area contributed by atoms with Crippen molar-refractivity contribution in [3.8, 4) is 0 Å². The molecule has 0 spiro atoms. The number of para-hydroxylation sites is 1. The summed E-state index contributed by atoms with van der Waals surface area (Å²) in [5.74, 6) is -0.0787. The van der Waals surface area contributed by atoms with Crippen LogP contribution < -0.4 is 9.62 Å². The lowest BCUT2D eigenvalue weighted by molar-refractivity contribution is -0.115. The third-order valence-corrected chi connectivity index (χ3v) is 7.40. The number of hydrogen-bond donors (Lipinski definition) is 1. The van der Waals surface area contributed by atoms with Crippen LogP contribution in [0.5, 0.6) is 0 Å². The molecule has 1 N–H and O–H groups in total. The van der Waals surface area contributed by atoms with Crippen LogP contribution in [0.2, 0.25) is 0 Å². The maximum absolute atomic E-state index is 13.1. The quantitative estimate of drug-likeness (QED) is 0.864. The molecule has 1 heterocycles. The largest absolute Gasteiger partial charge is 0.324 e. The van der Waals surface area contributed by atoms with Crippen molar-refractivity contribution in [2.24, 2.45) is 0 Å². The van der Waals surface area contributed by atoms with Crippen molar-refractivity contribution in [1.29, 1.82) is 0 Å². The van der Waals surface area contributed by atoms with E-state index in [-0.39, 0.29) is 16.1 Å². The number of hydrogen-bond acceptors (Lipinski definition) is 4. The summed E-state index contributed by atoms with van der Waals surface area (Å²) in [6, 6.07) is 13.9. The van der Waals surface area contributed by atoms with Gasteiger partial charge in [-0.05, 0) is 43.7 Å². The van der Waals surface area contributed by atoms with Crippen LogP contribution in [0, 0.1) is 0 Å². The van der Waals surface area contributed by atoms with Crippen LogP contribution in [-0.4, -0.2) is 26.1 Å². The molecular weight excluding hydrogens is 356 g/mol. The normalized spacial score (nSPS) is 16.9. The summed E-state index contributed by atoms with van der Waals surface area (Å²) in [5.41, 5.74) is 1.18. The van der Waals surface area contributed by atoms with Crippen LogP contribution in [0.1, 0.15) is 20.3 Å². The number of nitrogens with zero attached hydrogens (tertiary/aromatic N) is 1. The Bertz CT molecular complexity index is 882. The zero-order valence-corrected chi connectivity index (χ0v) is 15.7. The van der Waals surface area contributed by atoms with Gasteiger partial charge in [0.2, 0.25) is 5.91 Å². The Balaban J connectivity index is 1.99. The van der Waals surface area contributed by atoms with E-state index in [1.165, 1.54) is 16.1 Å². The number of benzene rings is 2. The predicted octanol–water partition coefficient (Wildman–Crippen LogP) is 3.72. The van der Waals surface area contributed by atoms with Crippen molar-refractivity contribution in [2.75, 3.05) is 16.2 Å². The van der Waals surface area contributed by atoms with Gasteiger partial charge in [-0.1, -0.05) is 25.1 Å². The number of fused-ring (bicyclic) bond motifs is 1. The Morgan fingerprint density at radius 1 is 1.12 bits per heavy atom. The van der Waals surface area contributed by atoms with Gasteiger partial charge in [0.05, 0.1) is 21.5 Å². The van der Waals surface area contributed by atoms with Crippen molar-refractivity contribution in [3.05, 3.63) is 48.5 Å². The number of carbonyl (C=O) groups is 1. The number of thioether (sulfide) groups is 1. The third-order valence-electron chi connectivity index (χ3n) is 4.06. The van der Waals surface area contributed by atoms with Gasteiger partial charge in [-0.2, -0.15) is 0 Å². The van der Waals surface area contributed by atoms with Crippen molar-refractivity contribution < 1.29 is 13.2 Å². The molecule has 5 nitrogen and oxygen atoms in total. The number of carbonyl (C=O) groups excluding carboxylic acids is 1. The monoisotopic (exact) mass is 376 g/mol. The first-order valence-corrected chi connectivity index (χ1v) is 10.5. The Kier molecular flexibility index (Phi) is 5.06. The summed E-state index contributed by atoms with van der Waals surface area (Å²) >= 11 is 1.47. The summed E-state index contributed by atoms with van der Waals surface area (Å²) in [4.78, 5) is 13.1. The molecule has 1 aliphatic heterocycles. The molecule has 2 aromatic rings. The van der Waals surface area contributed by atoms with E-state index >= 15 is 0 Å². The molecular formula is C18H20N2O3S2. The van der Waals surface area contributed by atoms with Crippen molar-refractivity contribution in [2.45, 2.75) is 35.3 Å². The maximum atomic E-state index is 13.1. The first-order valence-electron chi connectivity index (χ1n) is 8.16. The molecule has 0 saturated carbocycles. The van der Waals surface area contributed by atoms with E-state index in [4.69, 9.17) is 0 Å². The summed E-state index contributed by atoms with van der Waals surface area (Å²) in [5, 5.41) is 2.69. The number of sulfonamides is 1. The summed E-state index contributed by atoms with van der Waals surface area (Å²) in [6.45, 7) is 4.08. The molecule has 2 aromatic carbocycles. The van der Waals surface area contributed by atoms with Gasteiger partial charge >= 0.3 is 0 Å². The smallest absolute Gasteiger partial charge is 0.264 e. The Labute approximate surface area is 152 Å². The highest BCUT2D eigenvalue weighted by Gasteiger charge is 2.29. The summed E-state index contributed by atoms with van der Waals surface area (Å²) < 4.78 is 27.5. The molecule has 25 heavy (non-hydrogen) atoms. The zero-order chi connectivity index (χ0) is 18.0. The van der Waals surface area contributed by atoms with Gasteiger partial charge in [0, 0.05) is 11.4 Å². The lowest BCUT2D eigenvalue weighted by atomic mass is 10.2. The Morgan fingerprint density at radius 2 is 1.84 bits per heavy atom. The second-order valence-electron chi connectivity index (χ2n) is 5.67. The Morgan fingerprint density at radius 3 is 2.48 bits per heavy atom. The molecule has 0 saturated heterocycles. The fourth-order valence-electron chi connectivity index (χ4n) is 2.77. The van der Waals surface area contributed by atoms with Crippen LogP contribution in [0.25, 0.3) is 0 Å². The SMILES string of the molecule is CC[C@H]1Sc2ccc(S(=O)(=O)N(CC)c3ccccc3)cc2NC1=O. The van der Waals surface area contributed by atoms with Gasteiger partial charge < -0.3 is 5.32 Å². The van der Waals surface area contributed by atoms with E-state index < -0.39 is 10.0 Å². The minimum Gasteiger partial charge on any atom is -0.324 e. The molecule has 132 valence electrons. The Hall–Kier alpha value is -1.99. The first-order chi connectivity index (χ1) is 12.0. The van der Waals surface area contributed by atoms with Gasteiger partial charge in [0.25, 0.3) is 10.0 Å². The van der Waals surface area contributed by atoms with Crippen LogP contribution >= 0.6 is 11.8 Å². The van der Waals surface area contributed by atoms with Crippen LogP contribution in [0.15, 0.2) is 58.3 Å². The average Bonchev–Trinajstić information content (AvgIpc) is 2.62. The molecule has 0 fully saturated rings. The van der Waals surface area contributed by atoms with E-state index in [0.29, 0.717) is 17.9 Å². The van der Waals surface area contributed by atoms with Crippen LogP contribution in [-0.2, 0) is 14.8 Å². The molecule has 3 rings (SSSR count). The zero-order valence-electron chi connectivity index (χ0n) is 14.1. The van der Waals surface area contributed by atoms with Gasteiger partial charge in [0.1, 0.15) is 0 Å². The summed E-state index contributed by atoms with van der Waals surface area (Å²) in [7, 11) is -3.70. The highest BCUT2D eigenvalue weighted by atomic mass is 32.2. The fourth-order valence-corrected chi connectivity index (χ4v) is 5.29. The minimum atomic E-state index is -3.70. The van der Waals surface area contributed by atoms with Gasteiger partial charge in [-0.3, -0.25) is 9.10 Å². The van der Waals surface area contributed by atoms with E-state index in [9.17, 15) is 13.2 Å². The van der Waals surface area contributed by atoms with E-state index in [1.54, 1.807) is 37.3 Å². The van der Waals surface area contributed by atoms with Crippen molar-refractivity contribution in [3.63, 3.8) is 0 Å². The molecule has 7 heteroatoms. The molecule has 1 aliphatic rings. The maximum Gasteiger partial charge on any atom is 0.264 e. The van der Waals surface area contributed by atoms with E-state index in [1.807, 2.05) is 25.1 Å². The fraction of sp³-hybridized carbons (Fsp3) is 0.278. The molecule has 0 unspecified atom stereocenters. The minimum absolute atomic E-state index is 0.0787. The molecule has 0 aliphatic carbocycles. The number of nitrogens with one attached hydrogen (secondary N) is 1. The number of rotatable bonds is 5. The summed E-state index contributed by atoms with van der Waals surface area (Å²) in [6.07, 6.45) is 0.730. The van der Waals surface area contributed by atoms with Crippen LogP contribution in [0.4, 0.5) is 11.4 Å². The van der Waals surface area contributed by atoms with Crippen molar-refractivity contribution >= 4 is 39.1 Å². The predicted molar refractivity (Wildman–Crippen MR) is 102 cm³/mol. The first kappa shape index (κ1) is 17.8. The lowest BCUT2D eigenvalue weighted by Crippen LogP contribution is -2.31. The standard InChI is InChI=1S/C18H20N2O3S2/c1-3-16-18(21)19-15-12-14(10-11-17(15)24-16)25(22,23)20(4-2)13-8-6-5-7-9-13/h5-12,16H,3-4H2,1-2H3,(H,19,21)/t16-/m1/s1. The highest BCUT2D eigenvalue weighted by Crippen LogP contribution is 2.38. The number of anilines is 2. The average molecular weight is 377 g/mol. The van der Waals surface area contributed by atoms with Gasteiger partial charge in [-0.25, -0.2) is 8.42 Å². The third kappa shape index (κ3) is 3.39. The van der Waals surface area contributed by atoms with Gasteiger partial charge in [0.15, 0.2) is 0 Å². The van der Waals surface area contributed by atoms with Crippen LogP contribution in [0.3, 0.4) is 0 Å². The molecule has 1 atom stereocenters. The highest BCUT2D eigenvalue weighted by molar-refractivity contribution is 8.01. The van der Waals surface area contributed by atoms with Crippen molar-refractivity contribution in [1.82, 2.24) is 0 Å². The topological polar surface area (TPSA) is 66.5 Å². The molecule has 1 amide bonds. The molecule has 0 radical (unpaired) electrons. The lowest BCUT2D eigenvalue weighted by Gasteiger charge is -2.26. The molecule has 0 aromatic heterocycles. The number of amides is 1. The second kappa shape index (κ2) is 7.09. The van der Waals surface area contributed by atoms with Gasteiger partial charge in [-0.15, -0.1) is 11.8 Å². The second-order valence-corrected chi connectivity index (χ2v) is 8.77. The van der Waals surface area contributed by atoms with E-state index in [2.05, 4.69) is 5.32 Å².